The van der Waals surface area contributed by atoms with Gasteiger partial charge < -0.3 is 14.0 Å². The predicted octanol–water partition coefficient (Wildman–Crippen LogP) is 5.10. The number of hydrogen-bond acceptors (Lipinski definition) is 4. The van der Waals surface area contributed by atoms with Gasteiger partial charge in [0.25, 0.3) is 0 Å². The molecule has 0 bridgehead atoms. The monoisotopic (exact) mass is 411 g/mol. The first-order valence-corrected chi connectivity index (χ1v) is 9.76. The van der Waals surface area contributed by atoms with E-state index < -0.39 is 11.9 Å². The summed E-state index contributed by atoms with van der Waals surface area (Å²) in [6.07, 6.45) is 1.50. The van der Waals surface area contributed by atoms with Crippen LogP contribution in [-0.4, -0.2) is 29.7 Å². The summed E-state index contributed by atoms with van der Waals surface area (Å²) in [7, 11) is 0. The van der Waals surface area contributed by atoms with Gasteiger partial charge in [-0.15, -0.1) is 0 Å². The number of ether oxygens (including phenoxy) is 2. The van der Waals surface area contributed by atoms with Crippen LogP contribution < -0.4 is 0 Å². The van der Waals surface area contributed by atoms with Crippen molar-refractivity contribution in [2.45, 2.75) is 20.8 Å². The summed E-state index contributed by atoms with van der Waals surface area (Å²) >= 11 is 6.02. The zero-order chi connectivity index (χ0) is 21.0. The summed E-state index contributed by atoms with van der Waals surface area (Å²) in [4.78, 5) is 24.5. The third-order valence-corrected chi connectivity index (χ3v) is 4.65. The Labute approximate surface area is 174 Å². The maximum Gasteiger partial charge on any atom is 0.345 e. The average Bonchev–Trinajstić information content (AvgIpc) is 3.02. The van der Waals surface area contributed by atoms with Gasteiger partial charge in [-0.1, -0.05) is 23.7 Å². The van der Waals surface area contributed by atoms with Gasteiger partial charge in [0, 0.05) is 21.8 Å². The molecule has 0 saturated carbocycles. The van der Waals surface area contributed by atoms with Crippen molar-refractivity contribution in [3.8, 4) is 5.69 Å². The first-order valence-electron chi connectivity index (χ1n) is 9.38. The molecule has 0 radical (unpaired) electrons. The molecule has 3 rings (SSSR count). The SMILES string of the molecule is CCOC(=O)C(=Cc1ccc2cc(C)n(-c3ccc(Cl)cc3)c2c1)C(=O)OCC. The molecule has 2 aromatic carbocycles. The van der Waals surface area contributed by atoms with Gasteiger partial charge in [-0.3, -0.25) is 0 Å². The Balaban J connectivity index is 2.11. The predicted molar refractivity (Wildman–Crippen MR) is 114 cm³/mol. The summed E-state index contributed by atoms with van der Waals surface area (Å²) < 4.78 is 12.1. The van der Waals surface area contributed by atoms with Crippen LogP contribution in [-0.2, 0) is 19.1 Å². The zero-order valence-electron chi connectivity index (χ0n) is 16.6. The molecule has 0 amide bonds. The number of esters is 2. The van der Waals surface area contributed by atoms with Crippen molar-refractivity contribution in [2.75, 3.05) is 13.2 Å². The Bertz CT molecular complexity index is 1060. The highest BCUT2D eigenvalue weighted by atomic mass is 35.5. The van der Waals surface area contributed by atoms with Crippen molar-refractivity contribution >= 4 is 40.5 Å². The zero-order valence-corrected chi connectivity index (χ0v) is 17.3. The van der Waals surface area contributed by atoms with Crippen molar-refractivity contribution in [1.29, 1.82) is 0 Å². The summed E-state index contributed by atoms with van der Waals surface area (Å²) in [5.41, 5.74) is 3.54. The Kier molecular flexibility index (Phi) is 6.39. The van der Waals surface area contributed by atoms with Crippen LogP contribution in [0, 0.1) is 6.92 Å². The largest absolute Gasteiger partial charge is 0.462 e. The van der Waals surface area contributed by atoms with Gasteiger partial charge in [-0.25, -0.2) is 9.59 Å². The number of nitrogens with zero attached hydrogens (tertiary/aromatic N) is 1. The minimum atomic E-state index is -0.699. The molecule has 0 aliphatic heterocycles. The molecule has 1 aromatic heterocycles. The second-order valence-electron chi connectivity index (χ2n) is 6.41. The van der Waals surface area contributed by atoms with Crippen LogP contribution in [0.3, 0.4) is 0 Å². The van der Waals surface area contributed by atoms with E-state index in [0.29, 0.717) is 10.6 Å². The van der Waals surface area contributed by atoms with Gasteiger partial charge in [0.05, 0.1) is 18.7 Å². The number of rotatable bonds is 6. The van der Waals surface area contributed by atoms with E-state index in [9.17, 15) is 9.59 Å². The number of aromatic nitrogens is 1. The molecule has 3 aromatic rings. The summed E-state index contributed by atoms with van der Waals surface area (Å²) in [5, 5.41) is 1.71. The fraction of sp³-hybridized carbons (Fsp3) is 0.217. The third-order valence-electron chi connectivity index (χ3n) is 4.40. The summed E-state index contributed by atoms with van der Waals surface area (Å²) in [6, 6.07) is 15.4. The molecule has 0 aliphatic rings. The Hall–Kier alpha value is -3.05. The molecule has 5 nitrogen and oxygen atoms in total. The van der Waals surface area contributed by atoms with Crippen molar-refractivity contribution in [1.82, 2.24) is 4.57 Å². The molecule has 0 fully saturated rings. The number of aryl methyl sites for hydroxylation is 1. The summed E-state index contributed by atoms with van der Waals surface area (Å²) in [6.45, 7) is 5.75. The number of hydrogen-bond donors (Lipinski definition) is 0. The first kappa shape index (κ1) is 20.7. The normalized spacial score (nSPS) is 10.6. The lowest BCUT2D eigenvalue weighted by Gasteiger charge is -2.10. The lowest BCUT2D eigenvalue weighted by atomic mass is 10.1. The van der Waals surface area contributed by atoms with Crippen molar-refractivity contribution in [3.63, 3.8) is 0 Å². The van der Waals surface area contributed by atoms with Crippen LogP contribution in [0.25, 0.3) is 22.7 Å². The minimum absolute atomic E-state index is 0.130. The van der Waals surface area contributed by atoms with Gasteiger partial charge >= 0.3 is 11.9 Å². The molecule has 0 unspecified atom stereocenters. The van der Waals surface area contributed by atoms with E-state index in [0.717, 1.165) is 22.3 Å². The quantitative estimate of drug-likeness (QED) is 0.245. The molecule has 150 valence electrons. The van der Waals surface area contributed by atoms with Crippen LogP contribution >= 0.6 is 11.6 Å². The van der Waals surface area contributed by atoms with Gasteiger partial charge in [0.15, 0.2) is 0 Å². The second-order valence-corrected chi connectivity index (χ2v) is 6.85. The Morgan fingerprint density at radius 3 is 2.17 bits per heavy atom. The maximum absolute atomic E-state index is 12.2. The van der Waals surface area contributed by atoms with E-state index in [4.69, 9.17) is 21.1 Å². The van der Waals surface area contributed by atoms with Crippen LogP contribution in [0.15, 0.2) is 54.1 Å². The smallest absolute Gasteiger partial charge is 0.345 e. The molecule has 29 heavy (non-hydrogen) atoms. The highest BCUT2D eigenvalue weighted by Crippen LogP contribution is 2.27. The lowest BCUT2D eigenvalue weighted by molar-refractivity contribution is -0.146. The van der Waals surface area contributed by atoms with E-state index in [-0.39, 0.29) is 18.8 Å². The topological polar surface area (TPSA) is 57.5 Å². The number of carbonyl (C=O) groups is 2. The Morgan fingerprint density at radius 2 is 1.59 bits per heavy atom. The van der Waals surface area contributed by atoms with Gasteiger partial charge in [-0.2, -0.15) is 0 Å². The van der Waals surface area contributed by atoms with Crippen LogP contribution in [0.5, 0.6) is 0 Å². The van der Waals surface area contributed by atoms with Gasteiger partial charge in [0.2, 0.25) is 0 Å². The molecular weight excluding hydrogens is 390 g/mol. The molecule has 6 heteroatoms. The van der Waals surface area contributed by atoms with E-state index in [1.54, 1.807) is 13.8 Å². The van der Waals surface area contributed by atoms with E-state index >= 15 is 0 Å². The standard InChI is InChI=1S/C23H22ClNO4/c1-4-28-22(26)20(23(27)29-5-2)13-16-6-7-17-12-15(3)25(21(17)14-16)19-10-8-18(24)9-11-19/h6-14H,4-5H2,1-3H3. The number of carbonyl (C=O) groups excluding carboxylic acids is 2. The van der Waals surface area contributed by atoms with E-state index in [2.05, 4.69) is 10.6 Å². The number of halogens is 1. The second kappa shape index (κ2) is 8.97. The Morgan fingerprint density at radius 1 is 0.966 bits per heavy atom. The van der Waals surface area contributed by atoms with Crippen LogP contribution in [0.4, 0.5) is 0 Å². The van der Waals surface area contributed by atoms with Crippen LogP contribution in [0.2, 0.25) is 5.02 Å². The van der Waals surface area contributed by atoms with Crippen molar-refractivity contribution < 1.29 is 19.1 Å². The molecule has 0 spiro atoms. The average molecular weight is 412 g/mol. The highest BCUT2D eigenvalue weighted by molar-refractivity contribution is 6.30. The molecule has 0 atom stereocenters. The molecule has 0 saturated heterocycles. The van der Waals surface area contributed by atoms with Crippen molar-refractivity contribution in [3.05, 3.63) is 70.4 Å². The van der Waals surface area contributed by atoms with Gasteiger partial charge in [0.1, 0.15) is 5.57 Å². The lowest BCUT2D eigenvalue weighted by Crippen LogP contribution is -2.18. The number of fused-ring (bicyclic) bond motifs is 1. The van der Waals surface area contributed by atoms with Crippen molar-refractivity contribution in [2.24, 2.45) is 0 Å². The molecule has 1 heterocycles. The van der Waals surface area contributed by atoms with Crippen LogP contribution in [0.1, 0.15) is 25.1 Å². The van der Waals surface area contributed by atoms with E-state index in [1.807, 2.05) is 49.4 Å². The molecular formula is C23H22ClNO4. The number of benzene rings is 2. The molecule has 0 aliphatic carbocycles. The van der Waals surface area contributed by atoms with E-state index in [1.165, 1.54) is 6.08 Å². The molecule has 0 N–H and O–H groups in total. The maximum atomic E-state index is 12.2. The third kappa shape index (κ3) is 4.51. The summed E-state index contributed by atoms with van der Waals surface area (Å²) in [5.74, 6) is -1.40. The minimum Gasteiger partial charge on any atom is -0.462 e. The van der Waals surface area contributed by atoms with Gasteiger partial charge in [-0.05, 0) is 68.8 Å². The fourth-order valence-electron chi connectivity index (χ4n) is 3.16. The first-order chi connectivity index (χ1) is 13.9. The fourth-order valence-corrected chi connectivity index (χ4v) is 3.29. The highest BCUT2D eigenvalue weighted by Gasteiger charge is 2.21.